The topological polar surface area (TPSA) is 38.3 Å². The predicted molar refractivity (Wildman–Crippen MR) is 76.6 cm³/mol. The molecule has 0 aromatic carbocycles. The molecule has 1 aliphatic rings. The molecule has 1 unspecified atom stereocenters. The van der Waals surface area contributed by atoms with Gasteiger partial charge in [-0.15, -0.1) is 6.42 Å². The van der Waals surface area contributed by atoms with Crippen molar-refractivity contribution in [3.63, 3.8) is 0 Å². The SMILES string of the molecule is C#CCNP(C)(=O)O[C@@H]1C[C@H](C)CC[C@H]1C(C)C. The summed E-state index contributed by atoms with van der Waals surface area (Å²) in [7, 11) is -2.77. The Morgan fingerprint density at radius 1 is 1.50 bits per heavy atom. The maximum absolute atomic E-state index is 12.3. The smallest absolute Gasteiger partial charge is 0.267 e. The Bertz CT molecular complexity index is 348. The second-order valence-electron chi connectivity index (χ2n) is 5.85. The van der Waals surface area contributed by atoms with Crippen molar-refractivity contribution >= 4 is 7.52 Å². The normalized spacial score (nSPS) is 31.9. The summed E-state index contributed by atoms with van der Waals surface area (Å²) in [5.74, 6) is 4.16. The third-order valence-corrected chi connectivity index (χ3v) is 5.17. The molecule has 3 nitrogen and oxygen atoms in total. The van der Waals surface area contributed by atoms with Gasteiger partial charge in [-0.05, 0) is 30.6 Å². The molecular weight excluding hydrogens is 245 g/mol. The Balaban J connectivity index is 2.66. The molecule has 0 saturated heterocycles. The molecule has 0 radical (unpaired) electrons. The monoisotopic (exact) mass is 271 g/mol. The van der Waals surface area contributed by atoms with Crippen molar-refractivity contribution < 1.29 is 9.09 Å². The zero-order valence-corrected chi connectivity index (χ0v) is 12.9. The molecule has 1 aliphatic carbocycles. The van der Waals surface area contributed by atoms with Crippen LogP contribution in [0.3, 0.4) is 0 Å². The van der Waals surface area contributed by atoms with E-state index in [1.807, 2.05) is 0 Å². The van der Waals surface area contributed by atoms with E-state index in [9.17, 15) is 4.57 Å². The number of rotatable bonds is 5. The van der Waals surface area contributed by atoms with Gasteiger partial charge in [0.1, 0.15) is 0 Å². The molecule has 4 atom stereocenters. The van der Waals surface area contributed by atoms with Crippen LogP contribution in [0.5, 0.6) is 0 Å². The van der Waals surface area contributed by atoms with Gasteiger partial charge in [-0.2, -0.15) is 0 Å². The summed E-state index contributed by atoms with van der Waals surface area (Å²) >= 11 is 0. The standard InChI is InChI=1S/C14H26NO2P/c1-6-9-15-18(5,16)17-14-10-12(4)7-8-13(14)11(2)3/h1,11-14H,7-10H2,2-5H3,(H,15,16)/t12-,13+,14-,18?/m1/s1. The van der Waals surface area contributed by atoms with Gasteiger partial charge in [0.25, 0.3) is 7.52 Å². The van der Waals surface area contributed by atoms with Gasteiger partial charge in [0.15, 0.2) is 0 Å². The zero-order chi connectivity index (χ0) is 13.8. The van der Waals surface area contributed by atoms with E-state index in [4.69, 9.17) is 10.9 Å². The van der Waals surface area contributed by atoms with Crippen molar-refractivity contribution in [3.05, 3.63) is 0 Å². The zero-order valence-electron chi connectivity index (χ0n) is 12.0. The molecule has 1 saturated carbocycles. The van der Waals surface area contributed by atoms with Crippen LogP contribution in [0.1, 0.15) is 40.0 Å². The van der Waals surface area contributed by atoms with Crippen LogP contribution < -0.4 is 5.09 Å². The Hall–Kier alpha value is -0.290. The van der Waals surface area contributed by atoms with Crippen LogP contribution in [0.4, 0.5) is 0 Å². The molecule has 4 heteroatoms. The second kappa shape index (κ2) is 6.75. The molecule has 1 rings (SSSR count). The van der Waals surface area contributed by atoms with Crippen LogP contribution in [-0.4, -0.2) is 19.3 Å². The van der Waals surface area contributed by atoms with E-state index in [0.717, 1.165) is 6.42 Å². The highest BCUT2D eigenvalue weighted by Crippen LogP contribution is 2.45. The third-order valence-electron chi connectivity index (χ3n) is 3.77. The minimum Gasteiger partial charge on any atom is -0.314 e. The van der Waals surface area contributed by atoms with Gasteiger partial charge < -0.3 is 4.52 Å². The minimum atomic E-state index is -2.77. The average molecular weight is 271 g/mol. The van der Waals surface area contributed by atoms with Crippen molar-refractivity contribution in [1.82, 2.24) is 5.09 Å². The van der Waals surface area contributed by atoms with Crippen LogP contribution in [0.2, 0.25) is 0 Å². The summed E-state index contributed by atoms with van der Waals surface area (Å²) in [4.78, 5) is 0. The molecule has 1 N–H and O–H groups in total. The molecule has 0 amide bonds. The molecule has 0 heterocycles. The summed E-state index contributed by atoms with van der Waals surface area (Å²) in [6.45, 7) is 8.59. The Labute approximate surface area is 112 Å². The van der Waals surface area contributed by atoms with E-state index in [-0.39, 0.29) is 6.10 Å². The average Bonchev–Trinajstić information content (AvgIpc) is 2.25. The van der Waals surface area contributed by atoms with Gasteiger partial charge in [-0.1, -0.05) is 33.1 Å². The molecule has 0 aromatic rings. The summed E-state index contributed by atoms with van der Waals surface area (Å²) in [5, 5.41) is 2.83. The van der Waals surface area contributed by atoms with E-state index in [2.05, 4.69) is 31.8 Å². The Kier molecular flexibility index (Phi) is 5.92. The Morgan fingerprint density at radius 3 is 2.72 bits per heavy atom. The predicted octanol–water partition coefficient (Wildman–Crippen LogP) is 3.51. The lowest BCUT2D eigenvalue weighted by atomic mass is 9.75. The van der Waals surface area contributed by atoms with Crippen molar-refractivity contribution in [2.45, 2.75) is 46.1 Å². The molecule has 18 heavy (non-hydrogen) atoms. The van der Waals surface area contributed by atoms with Gasteiger partial charge in [0, 0.05) is 6.66 Å². The van der Waals surface area contributed by atoms with Gasteiger partial charge in [-0.25, -0.2) is 5.09 Å². The van der Waals surface area contributed by atoms with Crippen molar-refractivity contribution in [3.8, 4) is 12.3 Å². The first-order chi connectivity index (χ1) is 8.35. The van der Waals surface area contributed by atoms with Crippen LogP contribution in [-0.2, 0) is 9.09 Å². The largest absolute Gasteiger partial charge is 0.314 e. The molecule has 0 aromatic heterocycles. The molecule has 0 aliphatic heterocycles. The maximum atomic E-state index is 12.3. The van der Waals surface area contributed by atoms with Crippen molar-refractivity contribution in [2.75, 3.05) is 13.2 Å². The highest BCUT2D eigenvalue weighted by atomic mass is 31.2. The first-order valence-electron chi connectivity index (χ1n) is 6.80. The number of nitrogens with one attached hydrogen (secondary N) is 1. The summed E-state index contributed by atoms with van der Waals surface area (Å²) in [6, 6.07) is 0. The second-order valence-corrected chi connectivity index (χ2v) is 8.07. The number of hydrogen-bond acceptors (Lipinski definition) is 2. The van der Waals surface area contributed by atoms with Crippen LogP contribution in [0, 0.1) is 30.1 Å². The lowest BCUT2D eigenvalue weighted by Gasteiger charge is -2.38. The molecule has 104 valence electrons. The fourth-order valence-corrected chi connectivity index (χ4v) is 3.93. The molecule has 0 bridgehead atoms. The quantitative estimate of drug-likeness (QED) is 0.614. The molecule has 1 fully saturated rings. The first-order valence-corrected chi connectivity index (χ1v) is 8.87. The Morgan fingerprint density at radius 2 is 2.17 bits per heavy atom. The van der Waals surface area contributed by atoms with Crippen LogP contribution in [0.25, 0.3) is 0 Å². The van der Waals surface area contributed by atoms with Crippen molar-refractivity contribution in [2.24, 2.45) is 17.8 Å². The summed E-state index contributed by atoms with van der Waals surface area (Å²) in [5.41, 5.74) is 0. The van der Waals surface area contributed by atoms with E-state index < -0.39 is 7.52 Å². The third kappa shape index (κ3) is 4.76. The van der Waals surface area contributed by atoms with Gasteiger partial charge in [-0.3, -0.25) is 4.57 Å². The van der Waals surface area contributed by atoms with Gasteiger partial charge >= 0.3 is 0 Å². The maximum Gasteiger partial charge on any atom is 0.267 e. The van der Waals surface area contributed by atoms with E-state index in [0.29, 0.717) is 24.3 Å². The number of terminal acetylenes is 1. The first kappa shape index (κ1) is 15.8. The van der Waals surface area contributed by atoms with Gasteiger partial charge in [0.05, 0.1) is 12.6 Å². The lowest BCUT2D eigenvalue weighted by molar-refractivity contribution is 0.0476. The molecule has 0 spiro atoms. The van der Waals surface area contributed by atoms with Crippen molar-refractivity contribution in [1.29, 1.82) is 0 Å². The fourth-order valence-electron chi connectivity index (χ4n) is 2.72. The fraction of sp³-hybridized carbons (Fsp3) is 0.857. The lowest BCUT2D eigenvalue weighted by Crippen LogP contribution is -2.34. The minimum absolute atomic E-state index is 0.0925. The van der Waals surface area contributed by atoms with Gasteiger partial charge in [0.2, 0.25) is 0 Å². The van der Waals surface area contributed by atoms with E-state index >= 15 is 0 Å². The summed E-state index contributed by atoms with van der Waals surface area (Å²) < 4.78 is 18.2. The summed E-state index contributed by atoms with van der Waals surface area (Å²) in [6.07, 6.45) is 8.68. The van der Waals surface area contributed by atoms with Crippen LogP contribution >= 0.6 is 7.52 Å². The van der Waals surface area contributed by atoms with Crippen LogP contribution in [0.15, 0.2) is 0 Å². The van der Waals surface area contributed by atoms with E-state index in [1.165, 1.54) is 12.8 Å². The highest BCUT2D eigenvalue weighted by molar-refractivity contribution is 7.56. The number of hydrogen-bond donors (Lipinski definition) is 1. The highest BCUT2D eigenvalue weighted by Gasteiger charge is 2.34. The molecular formula is C14H26NO2P. The van der Waals surface area contributed by atoms with E-state index in [1.54, 1.807) is 6.66 Å².